The number of aromatic amines is 2. The van der Waals surface area contributed by atoms with Crippen LogP contribution in [0.3, 0.4) is 0 Å². The molecule has 3 N–H and O–H groups in total. The van der Waals surface area contributed by atoms with Crippen molar-refractivity contribution < 1.29 is 0 Å². The van der Waals surface area contributed by atoms with E-state index in [4.69, 9.17) is 4.98 Å². The Balaban J connectivity index is 1.45. The Morgan fingerprint density at radius 3 is 2.59 bits per heavy atom. The van der Waals surface area contributed by atoms with Crippen molar-refractivity contribution in [2.24, 2.45) is 5.92 Å². The summed E-state index contributed by atoms with van der Waals surface area (Å²) in [7, 11) is 2.13. The van der Waals surface area contributed by atoms with Gasteiger partial charge in [0.1, 0.15) is 17.2 Å². The van der Waals surface area contributed by atoms with Crippen molar-refractivity contribution in [3.05, 3.63) is 58.3 Å². The molecule has 1 saturated heterocycles. The summed E-state index contributed by atoms with van der Waals surface area (Å²) in [5.41, 5.74) is 3.34. The maximum absolute atomic E-state index is 13.5. The number of hydrogen-bond acceptors (Lipinski definition) is 9. The second-order valence-corrected chi connectivity index (χ2v) is 10.7. The molecule has 5 aromatic rings. The number of anilines is 2. The second-order valence-electron chi connectivity index (χ2n) is 9.78. The molecule has 1 atom stereocenters. The van der Waals surface area contributed by atoms with Crippen LogP contribution in [0.15, 0.2) is 47.0 Å². The molecule has 1 aliphatic heterocycles. The third-order valence-electron chi connectivity index (χ3n) is 6.87. The first-order chi connectivity index (χ1) is 18.0. The van der Waals surface area contributed by atoms with E-state index in [2.05, 4.69) is 60.9 Å². The average Bonchev–Trinajstić information content (AvgIpc) is 3.54. The molecule has 1 aliphatic rings. The van der Waals surface area contributed by atoms with Gasteiger partial charge in [-0.1, -0.05) is 13.8 Å². The summed E-state index contributed by atoms with van der Waals surface area (Å²) in [5.74, 6) is 2.26. The van der Waals surface area contributed by atoms with E-state index in [1.54, 1.807) is 36.0 Å². The van der Waals surface area contributed by atoms with Crippen molar-refractivity contribution in [2.75, 3.05) is 43.4 Å². The molecule has 0 spiro atoms. The van der Waals surface area contributed by atoms with Crippen molar-refractivity contribution in [3.63, 3.8) is 0 Å². The molecule has 11 heteroatoms. The molecule has 6 heterocycles. The highest BCUT2D eigenvalue weighted by molar-refractivity contribution is 7.17. The van der Waals surface area contributed by atoms with Gasteiger partial charge < -0.3 is 25.1 Å². The summed E-state index contributed by atoms with van der Waals surface area (Å²) in [5, 5.41) is 5.60. The van der Waals surface area contributed by atoms with Crippen LogP contribution in [0.5, 0.6) is 0 Å². The van der Waals surface area contributed by atoms with E-state index in [-0.39, 0.29) is 17.5 Å². The fourth-order valence-corrected chi connectivity index (χ4v) is 5.62. The molecule has 1 unspecified atom stereocenters. The lowest BCUT2D eigenvalue weighted by atomic mass is 10.0. The molecule has 0 radical (unpaired) electrons. The Labute approximate surface area is 217 Å². The number of H-pyrrole nitrogens is 2. The van der Waals surface area contributed by atoms with E-state index in [0.29, 0.717) is 17.2 Å². The van der Waals surface area contributed by atoms with Gasteiger partial charge in [0.05, 0.1) is 39.2 Å². The average molecular weight is 516 g/mol. The number of pyridine rings is 2. The number of likely N-dealkylation sites (N-methyl/N-ethyl adjacent to an activating group) is 1. The molecule has 0 amide bonds. The minimum Gasteiger partial charge on any atom is -0.373 e. The summed E-state index contributed by atoms with van der Waals surface area (Å²) in [6.45, 7) is 8.07. The van der Waals surface area contributed by atoms with Crippen molar-refractivity contribution in [1.29, 1.82) is 0 Å². The van der Waals surface area contributed by atoms with Gasteiger partial charge in [0, 0.05) is 44.6 Å². The van der Waals surface area contributed by atoms with Gasteiger partial charge in [-0.15, -0.1) is 11.3 Å². The normalized spacial score (nSPS) is 15.6. The summed E-state index contributed by atoms with van der Waals surface area (Å²) < 4.78 is 0.952. The zero-order chi connectivity index (χ0) is 25.5. The van der Waals surface area contributed by atoms with Crippen LogP contribution in [-0.4, -0.2) is 68.0 Å². The van der Waals surface area contributed by atoms with Crippen LogP contribution in [0.25, 0.3) is 32.6 Å². The number of aromatic nitrogens is 6. The van der Waals surface area contributed by atoms with Crippen LogP contribution < -0.4 is 15.8 Å². The smallest absolute Gasteiger partial charge is 0.261 e. The number of nitrogens with zero attached hydrogens (tertiary/aromatic N) is 6. The highest BCUT2D eigenvalue weighted by atomic mass is 32.1. The lowest BCUT2D eigenvalue weighted by molar-refractivity contribution is 0.312. The van der Waals surface area contributed by atoms with Gasteiger partial charge in [-0.25, -0.2) is 19.9 Å². The van der Waals surface area contributed by atoms with E-state index in [1.807, 2.05) is 17.5 Å². The maximum atomic E-state index is 13.5. The zero-order valence-corrected chi connectivity index (χ0v) is 21.8. The zero-order valence-electron chi connectivity index (χ0n) is 21.0. The number of fused-ring (bicyclic) bond motifs is 2. The summed E-state index contributed by atoms with van der Waals surface area (Å²) in [4.78, 5) is 42.9. The minimum absolute atomic E-state index is 0.176. The van der Waals surface area contributed by atoms with Crippen LogP contribution in [0.2, 0.25) is 0 Å². The third-order valence-corrected chi connectivity index (χ3v) is 7.80. The first-order valence-electron chi connectivity index (χ1n) is 12.4. The van der Waals surface area contributed by atoms with Gasteiger partial charge in [-0.2, -0.15) is 0 Å². The van der Waals surface area contributed by atoms with Gasteiger partial charge in [0.2, 0.25) is 0 Å². The predicted molar refractivity (Wildman–Crippen MR) is 148 cm³/mol. The van der Waals surface area contributed by atoms with E-state index in [0.717, 1.165) is 58.9 Å². The Morgan fingerprint density at radius 1 is 1.05 bits per heavy atom. The lowest BCUT2D eigenvalue weighted by Crippen LogP contribution is -2.44. The molecule has 37 heavy (non-hydrogen) atoms. The molecule has 0 bridgehead atoms. The van der Waals surface area contributed by atoms with E-state index in [9.17, 15) is 4.79 Å². The van der Waals surface area contributed by atoms with E-state index < -0.39 is 0 Å². The van der Waals surface area contributed by atoms with Gasteiger partial charge in [0.25, 0.3) is 5.56 Å². The Hall–Kier alpha value is -3.83. The topological polar surface area (TPSA) is 119 Å². The molecular formula is C26H29N9OS. The van der Waals surface area contributed by atoms with Crippen LogP contribution >= 0.6 is 11.3 Å². The molecule has 0 aromatic carbocycles. The van der Waals surface area contributed by atoms with Crippen molar-refractivity contribution >= 4 is 44.1 Å². The number of nitrogens with one attached hydrogen (secondary N) is 3. The first-order valence-corrected chi connectivity index (χ1v) is 13.3. The Kier molecular flexibility index (Phi) is 6.09. The van der Waals surface area contributed by atoms with Gasteiger partial charge in [-0.05, 0) is 30.5 Å². The fourth-order valence-electron chi connectivity index (χ4n) is 4.76. The molecular weight excluding hydrogens is 486 g/mol. The number of imidazole rings is 1. The maximum Gasteiger partial charge on any atom is 0.261 e. The second kappa shape index (κ2) is 9.56. The first kappa shape index (κ1) is 23.6. The molecule has 5 aromatic heterocycles. The van der Waals surface area contributed by atoms with Gasteiger partial charge in [-0.3, -0.25) is 4.79 Å². The summed E-state index contributed by atoms with van der Waals surface area (Å²) in [6, 6.07) is 5.53. The lowest BCUT2D eigenvalue weighted by Gasteiger charge is -2.33. The standard InChI is InChI=1S/C26H29N9OS/c1-15(2)21(25-27-6-4-7-28-25)33-22-20(26(36)32-16-5-12-37-23(16)22)24-30-17-13-19(29-14-18(17)31-24)35-10-8-34(3)9-11-35/h4-7,12-15,21H,8-11H2,1-3H3,(H,30,31)(H2,32,33,36). The van der Waals surface area contributed by atoms with Crippen molar-refractivity contribution in [1.82, 2.24) is 34.8 Å². The Morgan fingerprint density at radius 2 is 1.84 bits per heavy atom. The predicted octanol–water partition coefficient (Wildman–Crippen LogP) is 3.88. The van der Waals surface area contributed by atoms with E-state index >= 15 is 0 Å². The summed E-state index contributed by atoms with van der Waals surface area (Å²) >= 11 is 1.57. The van der Waals surface area contributed by atoms with Crippen molar-refractivity contribution in [2.45, 2.75) is 19.9 Å². The highest BCUT2D eigenvalue weighted by Crippen LogP contribution is 2.37. The highest BCUT2D eigenvalue weighted by Gasteiger charge is 2.25. The summed E-state index contributed by atoms with van der Waals surface area (Å²) in [6.07, 6.45) is 5.28. The number of thiophene rings is 1. The van der Waals surface area contributed by atoms with Crippen LogP contribution in [0, 0.1) is 5.92 Å². The molecule has 10 nitrogen and oxygen atoms in total. The van der Waals surface area contributed by atoms with Crippen LogP contribution in [-0.2, 0) is 0 Å². The van der Waals surface area contributed by atoms with Gasteiger partial charge >= 0.3 is 0 Å². The quantitative estimate of drug-likeness (QED) is 0.312. The van der Waals surface area contributed by atoms with E-state index in [1.165, 1.54) is 0 Å². The fraction of sp³-hybridized carbons (Fsp3) is 0.346. The third kappa shape index (κ3) is 4.44. The minimum atomic E-state index is -0.212. The largest absolute Gasteiger partial charge is 0.373 e. The van der Waals surface area contributed by atoms with Gasteiger partial charge in [0.15, 0.2) is 5.82 Å². The molecule has 0 aliphatic carbocycles. The molecule has 1 fully saturated rings. The number of hydrogen-bond donors (Lipinski definition) is 3. The number of rotatable bonds is 6. The monoisotopic (exact) mass is 515 g/mol. The molecule has 6 rings (SSSR count). The number of piperazine rings is 1. The van der Waals surface area contributed by atoms with Crippen LogP contribution in [0.4, 0.5) is 11.5 Å². The molecule has 0 saturated carbocycles. The molecule has 190 valence electrons. The Bertz CT molecular complexity index is 1600. The SMILES string of the molecule is CC(C)C(Nc1c(-c2nc3cc(N4CCN(C)CC4)ncc3[nH]2)c(=O)[nH]c2ccsc12)c1ncccn1. The van der Waals surface area contributed by atoms with Crippen LogP contribution in [0.1, 0.15) is 25.7 Å². The van der Waals surface area contributed by atoms with Crippen molar-refractivity contribution in [3.8, 4) is 11.4 Å².